The topological polar surface area (TPSA) is 18.5 Å². The van der Waals surface area contributed by atoms with E-state index in [1.54, 1.807) is 7.11 Å². The Hall–Kier alpha value is -3.04. The molecule has 1 aliphatic rings. The molecule has 1 heterocycles. The third kappa shape index (κ3) is 4.05. The molecule has 0 bridgehead atoms. The Balaban J connectivity index is 1.54. The molecule has 0 unspecified atom stereocenters. The number of nitrogens with zero attached hydrogens (tertiary/aromatic N) is 1. The maximum Gasteiger partial charge on any atom is 0.137 e. The zero-order valence-corrected chi connectivity index (χ0v) is 19.1. The molecule has 1 saturated heterocycles. The van der Waals surface area contributed by atoms with Crippen molar-refractivity contribution in [1.82, 2.24) is 0 Å². The number of ether oxygens (including phenoxy) is 2. The second kappa shape index (κ2) is 8.84. The Bertz CT molecular complexity index is 1240. The van der Waals surface area contributed by atoms with E-state index >= 15 is 0 Å². The summed E-state index contributed by atoms with van der Waals surface area (Å²) in [5.74, 6) is 1.92. The Morgan fingerprint density at radius 1 is 0.719 bits per heavy atom. The van der Waals surface area contributed by atoms with Gasteiger partial charge in [0.1, 0.15) is 24.7 Å². The van der Waals surface area contributed by atoms with Crippen molar-refractivity contribution in [2.75, 3.05) is 40.4 Å². The fourth-order valence-corrected chi connectivity index (χ4v) is 5.20. The molecule has 1 aliphatic heterocycles. The number of quaternary nitrogens is 1. The van der Waals surface area contributed by atoms with Crippen molar-refractivity contribution in [3.8, 4) is 11.5 Å². The molecule has 5 rings (SSSR count). The van der Waals surface area contributed by atoms with Crippen LogP contribution in [0.5, 0.6) is 11.5 Å². The Morgan fingerprint density at radius 3 is 1.91 bits per heavy atom. The highest BCUT2D eigenvalue weighted by atomic mass is 16.5. The van der Waals surface area contributed by atoms with Crippen molar-refractivity contribution >= 4 is 21.5 Å². The summed E-state index contributed by atoms with van der Waals surface area (Å²) < 4.78 is 13.4. The Kier molecular flexibility index (Phi) is 5.75. The largest absolute Gasteiger partial charge is 0.496 e. The molecule has 0 radical (unpaired) electrons. The number of hydrogen-bond acceptors (Lipinski definition) is 2. The van der Waals surface area contributed by atoms with Gasteiger partial charge in [0.05, 0.1) is 27.2 Å². The van der Waals surface area contributed by atoms with Crippen LogP contribution in [0.1, 0.15) is 24.0 Å². The summed E-state index contributed by atoms with van der Waals surface area (Å²) in [6.45, 7) is 4.33. The number of likely N-dealkylation sites (tertiary alicyclic amines) is 1. The minimum absolute atomic E-state index is 0.745. The molecular weight excluding hydrogens is 394 g/mol. The fourth-order valence-electron chi connectivity index (χ4n) is 5.20. The van der Waals surface area contributed by atoms with Crippen molar-refractivity contribution in [3.05, 3.63) is 83.9 Å². The summed E-state index contributed by atoms with van der Waals surface area (Å²) in [7, 11) is 4.12. The van der Waals surface area contributed by atoms with E-state index in [0.29, 0.717) is 0 Å². The molecule has 0 saturated carbocycles. The van der Waals surface area contributed by atoms with Gasteiger partial charge in [-0.15, -0.1) is 0 Å². The van der Waals surface area contributed by atoms with Crippen molar-refractivity contribution in [2.45, 2.75) is 19.3 Å². The van der Waals surface area contributed by atoms with Crippen LogP contribution in [0.4, 0.5) is 0 Å². The fraction of sp³-hybridized carbons (Fsp3) is 0.310. The normalized spacial score (nSPS) is 15.3. The van der Waals surface area contributed by atoms with Crippen molar-refractivity contribution < 1.29 is 14.0 Å². The van der Waals surface area contributed by atoms with Gasteiger partial charge in [-0.2, -0.15) is 0 Å². The van der Waals surface area contributed by atoms with Gasteiger partial charge in [0, 0.05) is 30.4 Å². The lowest BCUT2D eigenvalue weighted by atomic mass is 9.93. The van der Waals surface area contributed by atoms with Crippen molar-refractivity contribution in [2.24, 2.45) is 0 Å². The minimum atomic E-state index is 0.745. The van der Waals surface area contributed by atoms with Crippen LogP contribution in [0.3, 0.4) is 0 Å². The summed E-state index contributed by atoms with van der Waals surface area (Å²) in [6, 6.07) is 25.7. The highest BCUT2D eigenvalue weighted by Gasteiger charge is 2.26. The van der Waals surface area contributed by atoms with E-state index in [1.165, 1.54) is 58.6 Å². The second-order valence-corrected chi connectivity index (χ2v) is 9.25. The van der Waals surface area contributed by atoms with Gasteiger partial charge in [-0.05, 0) is 33.7 Å². The van der Waals surface area contributed by atoms with Gasteiger partial charge in [-0.3, -0.25) is 0 Å². The first kappa shape index (κ1) is 20.8. The van der Waals surface area contributed by atoms with Crippen LogP contribution in [-0.4, -0.2) is 44.9 Å². The van der Waals surface area contributed by atoms with Crippen LogP contribution in [0.25, 0.3) is 21.5 Å². The first-order chi connectivity index (χ1) is 15.7. The van der Waals surface area contributed by atoms with Crippen LogP contribution < -0.4 is 9.47 Å². The monoisotopic (exact) mass is 426 g/mol. The van der Waals surface area contributed by atoms with Gasteiger partial charge < -0.3 is 14.0 Å². The van der Waals surface area contributed by atoms with Crippen LogP contribution in [0.2, 0.25) is 0 Å². The molecule has 0 aliphatic carbocycles. The lowest BCUT2D eigenvalue weighted by Gasteiger charge is -2.29. The smallest absolute Gasteiger partial charge is 0.137 e. The zero-order chi connectivity index (χ0) is 22.0. The molecular formula is C29H32NO2+. The van der Waals surface area contributed by atoms with Gasteiger partial charge in [0.25, 0.3) is 0 Å². The molecule has 4 aromatic rings. The summed E-state index contributed by atoms with van der Waals surface area (Å²) in [5, 5.41) is 4.97. The first-order valence-electron chi connectivity index (χ1n) is 11.7. The van der Waals surface area contributed by atoms with Crippen LogP contribution in [0.15, 0.2) is 72.8 Å². The molecule has 4 aromatic carbocycles. The highest BCUT2D eigenvalue weighted by molar-refractivity contribution is 5.91. The van der Waals surface area contributed by atoms with Gasteiger partial charge in [-0.1, -0.05) is 60.7 Å². The number of fused-ring (bicyclic) bond motifs is 2. The van der Waals surface area contributed by atoms with Crippen LogP contribution >= 0.6 is 0 Å². The molecule has 0 amide bonds. The Morgan fingerprint density at radius 2 is 1.28 bits per heavy atom. The first-order valence-corrected chi connectivity index (χ1v) is 11.7. The molecule has 0 spiro atoms. The number of rotatable bonds is 7. The zero-order valence-electron chi connectivity index (χ0n) is 19.1. The highest BCUT2D eigenvalue weighted by Crippen LogP contribution is 2.36. The summed E-state index contributed by atoms with van der Waals surface area (Å²) in [5.41, 5.74) is 2.45. The predicted molar refractivity (Wildman–Crippen MR) is 133 cm³/mol. The van der Waals surface area contributed by atoms with Gasteiger partial charge in [0.15, 0.2) is 0 Å². The molecule has 0 atom stereocenters. The minimum Gasteiger partial charge on any atom is -0.496 e. The van der Waals surface area contributed by atoms with Gasteiger partial charge >= 0.3 is 0 Å². The lowest BCUT2D eigenvalue weighted by Crippen LogP contribution is -2.43. The molecule has 3 nitrogen and oxygen atoms in total. The van der Waals surface area contributed by atoms with E-state index in [4.69, 9.17) is 9.47 Å². The molecule has 32 heavy (non-hydrogen) atoms. The molecule has 3 heteroatoms. The third-order valence-corrected chi connectivity index (χ3v) is 7.10. The van der Waals surface area contributed by atoms with E-state index in [2.05, 4.69) is 79.8 Å². The number of hydrogen-bond donors (Lipinski definition) is 0. The van der Waals surface area contributed by atoms with Gasteiger partial charge in [0.2, 0.25) is 0 Å². The molecule has 0 aromatic heterocycles. The summed E-state index contributed by atoms with van der Waals surface area (Å²) >= 11 is 0. The maximum atomic E-state index is 6.47. The Labute approximate surface area is 190 Å². The number of benzene rings is 4. The SMILES string of the molecule is COc1ccc2ccccc2c1Cc1c(OCC[N+]2(C)CCCC2)ccc2ccccc12. The molecule has 164 valence electrons. The summed E-state index contributed by atoms with van der Waals surface area (Å²) in [4.78, 5) is 0. The second-order valence-electron chi connectivity index (χ2n) is 9.25. The van der Waals surface area contributed by atoms with Crippen LogP contribution in [0, 0.1) is 0 Å². The van der Waals surface area contributed by atoms with E-state index in [0.717, 1.165) is 35.6 Å². The number of likely N-dealkylation sites (N-methyl/N-ethyl adjacent to an activating group) is 1. The van der Waals surface area contributed by atoms with Gasteiger partial charge in [-0.25, -0.2) is 0 Å². The van der Waals surface area contributed by atoms with Crippen molar-refractivity contribution in [1.29, 1.82) is 0 Å². The average molecular weight is 427 g/mol. The molecule has 1 fully saturated rings. The summed E-state index contributed by atoms with van der Waals surface area (Å²) in [6.07, 6.45) is 3.44. The maximum absolute atomic E-state index is 6.47. The number of methoxy groups -OCH3 is 1. The van der Waals surface area contributed by atoms with E-state index in [-0.39, 0.29) is 0 Å². The average Bonchev–Trinajstić information content (AvgIpc) is 3.26. The van der Waals surface area contributed by atoms with Crippen LogP contribution in [-0.2, 0) is 6.42 Å². The van der Waals surface area contributed by atoms with E-state index < -0.39 is 0 Å². The van der Waals surface area contributed by atoms with Crippen molar-refractivity contribution in [3.63, 3.8) is 0 Å². The third-order valence-electron chi connectivity index (χ3n) is 7.10. The quantitative estimate of drug-likeness (QED) is 0.327. The predicted octanol–water partition coefficient (Wildman–Crippen LogP) is 6.21. The molecule has 0 N–H and O–H groups in total. The standard InChI is InChI=1S/C29H32NO2/c1-30(17-7-8-18-30)19-20-32-29-16-14-23-10-4-6-12-25(23)27(29)21-26-24-11-5-3-9-22(24)13-15-28(26)31-2/h3-6,9-16H,7-8,17-21H2,1-2H3/q+1. The lowest BCUT2D eigenvalue weighted by molar-refractivity contribution is -0.897. The van der Waals surface area contributed by atoms with E-state index in [1.807, 2.05) is 0 Å². The van der Waals surface area contributed by atoms with E-state index in [9.17, 15) is 0 Å².